The average Bonchev–Trinajstić information content (AvgIpc) is 2.86. The Labute approximate surface area is 120 Å². The summed E-state index contributed by atoms with van der Waals surface area (Å²) in [5.74, 6) is -1.19. The maximum absolute atomic E-state index is 11.2. The molecule has 0 aliphatic carbocycles. The van der Waals surface area contributed by atoms with E-state index in [1.807, 2.05) is 20.8 Å². The van der Waals surface area contributed by atoms with E-state index in [2.05, 4.69) is 10.1 Å². The van der Waals surface area contributed by atoms with E-state index in [9.17, 15) is 20.0 Å². The first-order chi connectivity index (χ1) is 9.68. The van der Waals surface area contributed by atoms with Crippen LogP contribution in [0, 0.1) is 10.1 Å². The molecule has 1 N–H and O–H groups in total. The quantitative estimate of drug-likeness (QED) is 0.685. The Morgan fingerprint density at radius 1 is 1.38 bits per heavy atom. The third-order valence-corrected chi connectivity index (χ3v) is 2.82. The van der Waals surface area contributed by atoms with Gasteiger partial charge in [0.15, 0.2) is 5.82 Å². The third kappa shape index (κ3) is 3.04. The highest BCUT2D eigenvalue weighted by Gasteiger charge is 2.21. The number of rotatable bonds is 3. The number of carboxylic acids is 1. The predicted octanol–water partition coefficient (Wildman–Crippen LogP) is 2.17. The van der Waals surface area contributed by atoms with Crippen LogP contribution in [0.1, 0.15) is 36.8 Å². The predicted molar refractivity (Wildman–Crippen MR) is 73.7 cm³/mol. The SMILES string of the molecule is CC(C)(C)c1cc(C(=O)O)cc(-n2ccc([N+](=O)[O-])n2)n1. The van der Waals surface area contributed by atoms with Gasteiger partial charge in [0.1, 0.15) is 0 Å². The average molecular weight is 290 g/mol. The molecule has 0 aliphatic rings. The van der Waals surface area contributed by atoms with Crippen LogP contribution < -0.4 is 0 Å². The maximum Gasteiger partial charge on any atom is 0.390 e. The molecule has 2 aromatic heterocycles. The maximum atomic E-state index is 11.2. The van der Waals surface area contributed by atoms with Crippen LogP contribution in [0.25, 0.3) is 5.82 Å². The molecule has 0 fully saturated rings. The van der Waals surface area contributed by atoms with E-state index >= 15 is 0 Å². The summed E-state index contributed by atoms with van der Waals surface area (Å²) in [5, 5.41) is 23.6. The lowest BCUT2D eigenvalue weighted by molar-refractivity contribution is -0.389. The van der Waals surface area contributed by atoms with Gasteiger partial charge in [-0.3, -0.25) is 0 Å². The topological polar surface area (TPSA) is 111 Å². The molecule has 0 atom stereocenters. The minimum absolute atomic E-state index is 0.0584. The van der Waals surface area contributed by atoms with Gasteiger partial charge in [-0.25, -0.2) is 9.78 Å². The van der Waals surface area contributed by atoms with Crippen molar-refractivity contribution >= 4 is 11.8 Å². The van der Waals surface area contributed by atoms with Crippen molar-refractivity contribution in [3.8, 4) is 5.82 Å². The standard InChI is InChI=1S/C13H14N4O4/c1-13(2,3)9-6-8(12(18)19)7-11(14-9)16-5-4-10(15-16)17(20)21/h4-7H,1-3H3,(H,18,19). The fraction of sp³-hybridized carbons (Fsp3) is 0.308. The van der Waals surface area contributed by atoms with Crippen molar-refractivity contribution < 1.29 is 14.8 Å². The molecular weight excluding hydrogens is 276 g/mol. The minimum Gasteiger partial charge on any atom is -0.478 e. The van der Waals surface area contributed by atoms with Crippen molar-refractivity contribution in [1.82, 2.24) is 14.8 Å². The minimum atomic E-state index is -1.09. The highest BCUT2D eigenvalue weighted by Crippen LogP contribution is 2.23. The smallest absolute Gasteiger partial charge is 0.390 e. The summed E-state index contributed by atoms with van der Waals surface area (Å²) in [6, 6.07) is 4.05. The Morgan fingerprint density at radius 3 is 2.52 bits per heavy atom. The van der Waals surface area contributed by atoms with Gasteiger partial charge in [-0.2, -0.15) is 0 Å². The van der Waals surface area contributed by atoms with Crippen molar-refractivity contribution in [3.63, 3.8) is 0 Å². The van der Waals surface area contributed by atoms with Crippen molar-refractivity contribution in [1.29, 1.82) is 0 Å². The Balaban J connectivity index is 2.59. The first-order valence-corrected chi connectivity index (χ1v) is 6.15. The molecule has 0 bridgehead atoms. The highest BCUT2D eigenvalue weighted by molar-refractivity contribution is 5.88. The van der Waals surface area contributed by atoms with Gasteiger partial charge < -0.3 is 15.2 Å². The third-order valence-electron chi connectivity index (χ3n) is 2.82. The molecule has 8 heteroatoms. The van der Waals surface area contributed by atoms with Crippen molar-refractivity contribution in [3.05, 3.63) is 45.8 Å². The largest absolute Gasteiger partial charge is 0.478 e. The van der Waals surface area contributed by atoms with E-state index in [4.69, 9.17) is 0 Å². The Morgan fingerprint density at radius 2 is 2.05 bits per heavy atom. The molecule has 0 aromatic carbocycles. The molecule has 2 heterocycles. The summed E-state index contributed by atoms with van der Waals surface area (Å²) >= 11 is 0. The van der Waals surface area contributed by atoms with Gasteiger partial charge in [0, 0.05) is 11.1 Å². The molecule has 0 amide bonds. The number of carbonyl (C=O) groups is 1. The fourth-order valence-corrected chi connectivity index (χ4v) is 1.68. The van der Waals surface area contributed by atoms with Gasteiger partial charge in [0.05, 0.1) is 22.9 Å². The number of aromatic carboxylic acids is 1. The van der Waals surface area contributed by atoms with Gasteiger partial charge in [-0.1, -0.05) is 20.8 Å². The lowest BCUT2D eigenvalue weighted by Gasteiger charge is -2.18. The monoisotopic (exact) mass is 290 g/mol. The molecule has 21 heavy (non-hydrogen) atoms. The first kappa shape index (κ1) is 14.6. The molecule has 0 saturated carbocycles. The summed E-state index contributed by atoms with van der Waals surface area (Å²) in [4.78, 5) is 25.6. The number of nitrogens with zero attached hydrogens (tertiary/aromatic N) is 4. The zero-order valence-electron chi connectivity index (χ0n) is 11.8. The Hall–Kier alpha value is -2.77. The van der Waals surface area contributed by atoms with Gasteiger partial charge >= 0.3 is 11.8 Å². The van der Waals surface area contributed by atoms with Gasteiger partial charge in [-0.05, 0) is 17.1 Å². The number of carboxylic acid groups (broad SMARTS) is 1. The van der Waals surface area contributed by atoms with Crippen LogP contribution in [0.2, 0.25) is 0 Å². The number of nitro groups is 1. The number of hydrogen-bond donors (Lipinski definition) is 1. The van der Waals surface area contributed by atoms with E-state index in [0.29, 0.717) is 5.69 Å². The Kier molecular flexibility index (Phi) is 3.46. The fourth-order valence-electron chi connectivity index (χ4n) is 1.68. The molecule has 2 aromatic rings. The summed E-state index contributed by atoms with van der Waals surface area (Å²) in [5.41, 5.74) is 0.262. The van der Waals surface area contributed by atoms with Crippen LogP contribution >= 0.6 is 0 Å². The molecule has 2 rings (SSSR count). The van der Waals surface area contributed by atoms with Crippen LogP contribution in [-0.4, -0.2) is 30.8 Å². The second kappa shape index (κ2) is 4.97. The second-order valence-electron chi connectivity index (χ2n) is 5.53. The lowest BCUT2D eigenvalue weighted by atomic mass is 9.91. The van der Waals surface area contributed by atoms with Crippen molar-refractivity contribution in [2.75, 3.05) is 0 Å². The lowest BCUT2D eigenvalue weighted by Crippen LogP contribution is -2.17. The van der Waals surface area contributed by atoms with Crippen molar-refractivity contribution in [2.45, 2.75) is 26.2 Å². The van der Waals surface area contributed by atoms with Crippen LogP contribution in [-0.2, 0) is 5.41 Å². The van der Waals surface area contributed by atoms with Gasteiger partial charge in [0.2, 0.25) is 0 Å². The molecule has 8 nitrogen and oxygen atoms in total. The number of pyridine rings is 1. The summed E-state index contributed by atoms with van der Waals surface area (Å²) < 4.78 is 1.19. The normalized spacial score (nSPS) is 11.4. The molecule has 110 valence electrons. The van der Waals surface area contributed by atoms with Crippen molar-refractivity contribution in [2.24, 2.45) is 0 Å². The molecule has 0 aliphatic heterocycles. The number of aromatic nitrogens is 3. The van der Waals surface area contributed by atoms with Crippen LogP contribution in [0.3, 0.4) is 0 Å². The Bertz CT molecular complexity index is 715. The highest BCUT2D eigenvalue weighted by atomic mass is 16.6. The molecule has 0 radical (unpaired) electrons. The summed E-state index contributed by atoms with van der Waals surface area (Å²) in [6.45, 7) is 5.70. The van der Waals surface area contributed by atoms with Gasteiger partial charge in [-0.15, -0.1) is 4.68 Å². The first-order valence-electron chi connectivity index (χ1n) is 6.15. The zero-order valence-corrected chi connectivity index (χ0v) is 11.8. The summed E-state index contributed by atoms with van der Waals surface area (Å²) in [7, 11) is 0. The van der Waals surface area contributed by atoms with Crippen LogP contribution in [0.15, 0.2) is 24.4 Å². The molecule has 0 unspecified atom stereocenters. The second-order valence-corrected chi connectivity index (χ2v) is 5.53. The zero-order chi connectivity index (χ0) is 15.8. The van der Waals surface area contributed by atoms with E-state index in [-0.39, 0.29) is 22.6 Å². The van der Waals surface area contributed by atoms with E-state index in [1.54, 1.807) is 0 Å². The molecule has 0 saturated heterocycles. The van der Waals surface area contributed by atoms with Crippen LogP contribution in [0.5, 0.6) is 0 Å². The van der Waals surface area contributed by atoms with E-state index < -0.39 is 10.9 Å². The van der Waals surface area contributed by atoms with E-state index in [1.165, 1.54) is 29.1 Å². The molecule has 0 spiro atoms. The van der Waals surface area contributed by atoms with E-state index in [0.717, 1.165) is 0 Å². The molecular formula is C13H14N4O4. The van der Waals surface area contributed by atoms with Crippen LogP contribution in [0.4, 0.5) is 5.82 Å². The van der Waals surface area contributed by atoms with Gasteiger partial charge in [0.25, 0.3) is 0 Å². The number of hydrogen-bond acceptors (Lipinski definition) is 5. The summed E-state index contributed by atoms with van der Waals surface area (Å²) in [6.07, 6.45) is 1.37.